The number of hydrogen-bond donors (Lipinski definition) is 2. The van der Waals surface area contributed by atoms with E-state index in [2.05, 4.69) is 14.1 Å². The van der Waals surface area contributed by atoms with Crippen molar-refractivity contribution < 1.29 is 33.4 Å². The lowest BCUT2D eigenvalue weighted by molar-refractivity contribution is -0.220. The molecule has 0 aromatic heterocycles. The second-order valence-corrected chi connectivity index (χ2v) is 3.27. The lowest BCUT2D eigenvalue weighted by atomic mass is 10.5. The maximum absolute atomic E-state index is 10.7. The van der Waals surface area contributed by atoms with E-state index in [0.717, 1.165) is 0 Å². The Morgan fingerprint density at radius 2 is 2.15 bits per heavy atom. The van der Waals surface area contributed by atoms with Crippen molar-refractivity contribution in [1.29, 1.82) is 0 Å². The van der Waals surface area contributed by atoms with Gasteiger partial charge in [0.05, 0.1) is 19.6 Å². The van der Waals surface area contributed by atoms with Crippen LogP contribution in [0, 0.1) is 0 Å². The SMILES string of the molecule is CCOOP(=O)(O)OCCC(=O)O. The first kappa shape index (κ1) is 12.5. The van der Waals surface area contributed by atoms with Crippen LogP contribution in [0.2, 0.25) is 0 Å². The van der Waals surface area contributed by atoms with Crippen LogP contribution in [-0.4, -0.2) is 29.2 Å². The third-order valence-electron chi connectivity index (χ3n) is 0.835. The van der Waals surface area contributed by atoms with Gasteiger partial charge in [0.2, 0.25) is 0 Å². The van der Waals surface area contributed by atoms with Crippen LogP contribution in [0.5, 0.6) is 0 Å². The second kappa shape index (κ2) is 6.06. The number of hydrogen-bond acceptors (Lipinski definition) is 5. The quantitative estimate of drug-likeness (QED) is 0.362. The molecule has 0 radical (unpaired) electrons. The maximum Gasteiger partial charge on any atom is 0.499 e. The standard InChI is InChI=1S/C5H11O7P/c1-2-10-12-13(8,9)11-4-3-5(6)7/h2-4H2,1H3,(H,6,7)(H,8,9). The fraction of sp³-hybridized carbons (Fsp3) is 0.800. The minimum Gasteiger partial charge on any atom is -0.481 e. The number of carboxylic acids is 1. The van der Waals surface area contributed by atoms with Gasteiger partial charge in [-0.2, -0.15) is 0 Å². The molecule has 0 heterocycles. The molecule has 0 aromatic carbocycles. The van der Waals surface area contributed by atoms with Crippen LogP contribution in [0.3, 0.4) is 0 Å². The van der Waals surface area contributed by atoms with Crippen LogP contribution in [-0.2, 0) is 23.4 Å². The Morgan fingerprint density at radius 1 is 1.54 bits per heavy atom. The summed E-state index contributed by atoms with van der Waals surface area (Å²) in [6.45, 7) is 1.24. The van der Waals surface area contributed by atoms with E-state index in [0.29, 0.717) is 0 Å². The molecule has 8 heteroatoms. The van der Waals surface area contributed by atoms with Gasteiger partial charge < -0.3 is 10.00 Å². The number of carboxylic acid groups (broad SMARTS) is 1. The van der Waals surface area contributed by atoms with Gasteiger partial charge in [-0.05, 0) is 6.92 Å². The predicted molar refractivity (Wildman–Crippen MR) is 40.7 cm³/mol. The van der Waals surface area contributed by atoms with Gasteiger partial charge in [0.1, 0.15) is 0 Å². The lowest BCUT2D eigenvalue weighted by Crippen LogP contribution is -2.03. The molecule has 0 bridgehead atoms. The molecule has 0 rings (SSSR count). The summed E-state index contributed by atoms with van der Waals surface area (Å²) in [6.07, 6.45) is -0.375. The molecule has 78 valence electrons. The first-order valence-corrected chi connectivity index (χ1v) is 4.98. The third kappa shape index (κ3) is 7.89. The van der Waals surface area contributed by atoms with Crippen LogP contribution < -0.4 is 0 Å². The number of rotatable bonds is 7. The Balaban J connectivity index is 3.63. The Morgan fingerprint density at radius 3 is 2.62 bits per heavy atom. The van der Waals surface area contributed by atoms with Gasteiger partial charge in [-0.3, -0.25) is 9.32 Å². The summed E-state index contributed by atoms with van der Waals surface area (Å²) in [5, 5.41) is 8.16. The van der Waals surface area contributed by atoms with Gasteiger partial charge in [-0.25, -0.2) is 9.45 Å². The van der Waals surface area contributed by atoms with E-state index in [4.69, 9.17) is 10.00 Å². The van der Waals surface area contributed by atoms with E-state index in [-0.39, 0.29) is 13.0 Å². The Hall–Kier alpha value is -0.460. The highest BCUT2D eigenvalue weighted by Crippen LogP contribution is 2.43. The second-order valence-electron chi connectivity index (χ2n) is 1.93. The number of phosphoric acid groups is 1. The molecule has 1 unspecified atom stereocenters. The van der Waals surface area contributed by atoms with Gasteiger partial charge in [-0.15, -0.1) is 4.67 Å². The van der Waals surface area contributed by atoms with E-state index in [1.807, 2.05) is 0 Å². The third-order valence-corrected chi connectivity index (χ3v) is 1.64. The van der Waals surface area contributed by atoms with Gasteiger partial charge >= 0.3 is 13.8 Å². The van der Waals surface area contributed by atoms with Crippen LogP contribution in [0.4, 0.5) is 0 Å². The fourth-order valence-corrected chi connectivity index (χ4v) is 0.993. The summed E-state index contributed by atoms with van der Waals surface area (Å²) in [4.78, 5) is 22.9. The summed E-state index contributed by atoms with van der Waals surface area (Å²) < 4.78 is 18.9. The highest BCUT2D eigenvalue weighted by Gasteiger charge is 2.22. The molecule has 0 aromatic rings. The topological polar surface area (TPSA) is 102 Å². The normalized spacial score (nSPS) is 15.2. The molecule has 0 saturated heterocycles. The predicted octanol–water partition coefficient (Wildman–Crippen LogP) is 0.546. The van der Waals surface area contributed by atoms with Crippen LogP contribution >= 0.6 is 7.82 Å². The van der Waals surface area contributed by atoms with Crippen LogP contribution in [0.25, 0.3) is 0 Å². The molecular formula is C5H11O7P. The smallest absolute Gasteiger partial charge is 0.481 e. The zero-order valence-electron chi connectivity index (χ0n) is 7.00. The van der Waals surface area contributed by atoms with Crippen LogP contribution in [0.1, 0.15) is 13.3 Å². The molecule has 2 N–H and O–H groups in total. The molecule has 0 aliphatic carbocycles. The van der Waals surface area contributed by atoms with E-state index >= 15 is 0 Å². The van der Waals surface area contributed by atoms with Crippen molar-refractivity contribution in [2.24, 2.45) is 0 Å². The number of aliphatic carboxylic acids is 1. The van der Waals surface area contributed by atoms with Crippen molar-refractivity contribution in [3.8, 4) is 0 Å². The summed E-state index contributed by atoms with van der Waals surface area (Å²) in [5.74, 6) is -1.13. The highest BCUT2D eigenvalue weighted by atomic mass is 31.2. The first-order chi connectivity index (χ1) is 5.98. The Bertz CT molecular complexity index is 203. The molecular weight excluding hydrogens is 203 g/mol. The van der Waals surface area contributed by atoms with Crippen molar-refractivity contribution in [1.82, 2.24) is 0 Å². The Labute approximate surface area is 74.8 Å². The van der Waals surface area contributed by atoms with Crippen LogP contribution in [0.15, 0.2) is 0 Å². The molecule has 0 spiro atoms. The van der Waals surface area contributed by atoms with Gasteiger partial charge in [-0.1, -0.05) is 0 Å². The van der Waals surface area contributed by atoms with Crippen molar-refractivity contribution in [3.05, 3.63) is 0 Å². The summed E-state index contributed by atoms with van der Waals surface area (Å²) in [5.41, 5.74) is 0. The molecule has 7 nitrogen and oxygen atoms in total. The largest absolute Gasteiger partial charge is 0.499 e. The fourth-order valence-electron chi connectivity index (χ4n) is 0.389. The average Bonchev–Trinajstić information content (AvgIpc) is 2.00. The lowest BCUT2D eigenvalue weighted by Gasteiger charge is -2.08. The minimum atomic E-state index is -4.25. The zero-order valence-corrected chi connectivity index (χ0v) is 7.90. The molecule has 13 heavy (non-hydrogen) atoms. The highest BCUT2D eigenvalue weighted by molar-refractivity contribution is 7.47. The zero-order chi connectivity index (χ0) is 10.3. The maximum atomic E-state index is 10.7. The number of phosphoric ester groups is 1. The van der Waals surface area contributed by atoms with E-state index < -0.39 is 20.4 Å². The molecule has 1 atom stereocenters. The van der Waals surface area contributed by atoms with Gasteiger partial charge in [0.15, 0.2) is 0 Å². The Kier molecular flexibility index (Phi) is 5.85. The monoisotopic (exact) mass is 214 g/mol. The molecule has 0 aliphatic rings. The molecule has 0 fully saturated rings. The minimum absolute atomic E-state index is 0.0901. The van der Waals surface area contributed by atoms with Crippen molar-refractivity contribution in [2.45, 2.75) is 13.3 Å². The van der Waals surface area contributed by atoms with E-state index in [1.165, 1.54) is 0 Å². The van der Waals surface area contributed by atoms with E-state index in [1.54, 1.807) is 6.92 Å². The van der Waals surface area contributed by atoms with Crippen molar-refractivity contribution in [2.75, 3.05) is 13.2 Å². The first-order valence-electron chi connectivity index (χ1n) is 3.48. The summed E-state index contributed by atoms with van der Waals surface area (Å²) in [6, 6.07) is 0. The molecule has 0 saturated carbocycles. The van der Waals surface area contributed by atoms with Gasteiger partial charge in [0.25, 0.3) is 0 Å². The van der Waals surface area contributed by atoms with E-state index in [9.17, 15) is 9.36 Å². The van der Waals surface area contributed by atoms with Gasteiger partial charge in [0, 0.05) is 0 Å². The summed E-state index contributed by atoms with van der Waals surface area (Å²) in [7, 11) is -4.25. The van der Waals surface area contributed by atoms with Crippen molar-refractivity contribution >= 4 is 13.8 Å². The molecule has 0 amide bonds. The van der Waals surface area contributed by atoms with Crippen molar-refractivity contribution in [3.63, 3.8) is 0 Å². The molecule has 0 aliphatic heterocycles. The number of carbonyl (C=O) groups is 1. The summed E-state index contributed by atoms with van der Waals surface area (Å²) >= 11 is 0. The average molecular weight is 214 g/mol.